The molecule has 31 heavy (non-hydrogen) atoms. The maximum absolute atomic E-state index is 13.0. The standard InChI is InChI=1S/C23H19BrN6O/c24-17-13-25-23(28-22(17)27-20-12-19(29-30-20)14-10-11-14)26-18-9-5-4-8-16(18)21(31)15-6-2-1-3-7-15/h1-9,12-14H,10-11H2,(H3,25,26,27,28,29,30). The lowest BCUT2D eigenvalue weighted by atomic mass is 10.0. The van der Waals surface area contributed by atoms with Crippen LogP contribution in [0.5, 0.6) is 0 Å². The number of carbonyl (C=O) groups excluding carboxylic acids is 1. The first-order chi connectivity index (χ1) is 15.2. The molecule has 5 rings (SSSR count). The first kappa shape index (κ1) is 19.4. The molecule has 1 saturated carbocycles. The third-order valence-corrected chi connectivity index (χ3v) is 5.62. The van der Waals surface area contributed by atoms with Crippen LogP contribution in [-0.2, 0) is 0 Å². The van der Waals surface area contributed by atoms with E-state index in [-0.39, 0.29) is 5.78 Å². The molecule has 0 saturated heterocycles. The van der Waals surface area contributed by atoms with Gasteiger partial charge in [-0.25, -0.2) is 4.98 Å². The molecule has 2 heterocycles. The number of anilines is 4. The van der Waals surface area contributed by atoms with Crippen LogP contribution in [0.15, 0.2) is 71.3 Å². The number of nitrogens with one attached hydrogen (secondary N) is 3. The number of rotatable bonds is 7. The van der Waals surface area contributed by atoms with E-state index in [9.17, 15) is 4.79 Å². The van der Waals surface area contributed by atoms with Gasteiger partial charge in [-0.3, -0.25) is 9.89 Å². The van der Waals surface area contributed by atoms with E-state index in [0.717, 1.165) is 11.5 Å². The Balaban J connectivity index is 1.39. The highest BCUT2D eigenvalue weighted by molar-refractivity contribution is 9.10. The number of halogens is 1. The lowest BCUT2D eigenvalue weighted by Gasteiger charge is -2.12. The highest BCUT2D eigenvalue weighted by Gasteiger charge is 2.26. The number of hydrogen-bond donors (Lipinski definition) is 3. The summed E-state index contributed by atoms with van der Waals surface area (Å²) in [5, 5.41) is 13.8. The number of aromatic amines is 1. The minimum atomic E-state index is -0.0655. The van der Waals surface area contributed by atoms with Crippen LogP contribution in [-0.4, -0.2) is 25.9 Å². The largest absolute Gasteiger partial charge is 0.324 e. The van der Waals surface area contributed by atoms with Gasteiger partial charge in [-0.15, -0.1) is 0 Å². The van der Waals surface area contributed by atoms with Crippen molar-refractivity contribution in [2.24, 2.45) is 0 Å². The molecule has 8 heteroatoms. The van der Waals surface area contributed by atoms with Crippen LogP contribution in [0.4, 0.5) is 23.3 Å². The topological polar surface area (TPSA) is 95.6 Å². The van der Waals surface area contributed by atoms with Crippen molar-refractivity contribution in [1.82, 2.24) is 20.2 Å². The number of hydrogen-bond acceptors (Lipinski definition) is 6. The van der Waals surface area contributed by atoms with Gasteiger partial charge in [0.2, 0.25) is 5.95 Å². The molecule has 0 aliphatic heterocycles. The van der Waals surface area contributed by atoms with Crippen molar-refractivity contribution >= 4 is 45.0 Å². The molecule has 0 spiro atoms. The Morgan fingerprint density at radius 2 is 1.81 bits per heavy atom. The zero-order valence-corrected chi connectivity index (χ0v) is 18.1. The SMILES string of the molecule is O=C(c1ccccc1)c1ccccc1Nc1ncc(Br)c(Nc2cc(C3CC3)n[nH]2)n1. The van der Waals surface area contributed by atoms with Crippen LogP contribution in [0.3, 0.4) is 0 Å². The average molecular weight is 475 g/mol. The fourth-order valence-corrected chi connectivity index (χ4v) is 3.58. The smallest absolute Gasteiger partial charge is 0.229 e. The van der Waals surface area contributed by atoms with E-state index in [2.05, 4.69) is 46.7 Å². The molecule has 1 fully saturated rings. The van der Waals surface area contributed by atoms with E-state index < -0.39 is 0 Å². The van der Waals surface area contributed by atoms with Gasteiger partial charge in [-0.1, -0.05) is 42.5 Å². The molecule has 0 radical (unpaired) electrons. The Morgan fingerprint density at radius 3 is 2.61 bits per heavy atom. The first-order valence-corrected chi connectivity index (χ1v) is 10.8. The van der Waals surface area contributed by atoms with Gasteiger partial charge in [-0.2, -0.15) is 10.1 Å². The first-order valence-electron chi connectivity index (χ1n) is 9.98. The van der Waals surface area contributed by atoms with E-state index in [1.807, 2.05) is 42.5 Å². The second-order valence-corrected chi connectivity index (χ2v) is 8.22. The summed E-state index contributed by atoms with van der Waals surface area (Å²) in [7, 11) is 0. The molecular formula is C23H19BrN6O. The summed E-state index contributed by atoms with van der Waals surface area (Å²) in [4.78, 5) is 21.9. The van der Waals surface area contributed by atoms with E-state index in [4.69, 9.17) is 0 Å². The van der Waals surface area contributed by atoms with Gasteiger partial charge in [0.1, 0.15) is 5.82 Å². The minimum Gasteiger partial charge on any atom is -0.324 e. The van der Waals surface area contributed by atoms with E-state index >= 15 is 0 Å². The predicted octanol–water partition coefficient (Wildman–Crippen LogP) is 5.56. The summed E-state index contributed by atoms with van der Waals surface area (Å²) in [6.45, 7) is 0. The molecule has 0 bridgehead atoms. The van der Waals surface area contributed by atoms with Crippen molar-refractivity contribution < 1.29 is 4.79 Å². The number of aromatic nitrogens is 4. The third-order valence-electron chi connectivity index (χ3n) is 5.04. The van der Waals surface area contributed by atoms with Crippen molar-refractivity contribution in [2.45, 2.75) is 18.8 Å². The second kappa shape index (κ2) is 8.31. The lowest BCUT2D eigenvalue weighted by Crippen LogP contribution is -2.07. The highest BCUT2D eigenvalue weighted by Crippen LogP contribution is 2.39. The molecule has 1 aliphatic rings. The van der Waals surface area contributed by atoms with Crippen molar-refractivity contribution in [1.29, 1.82) is 0 Å². The van der Waals surface area contributed by atoms with Crippen LogP contribution in [0.25, 0.3) is 0 Å². The second-order valence-electron chi connectivity index (χ2n) is 7.36. The predicted molar refractivity (Wildman–Crippen MR) is 123 cm³/mol. The Labute approximate surface area is 187 Å². The van der Waals surface area contributed by atoms with Crippen molar-refractivity contribution in [2.75, 3.05) is 10.6 Å². The number of H-pyrrole nitrogens is 1. The summed E-state index contributed by atoms with van der Waals surface area (Å²) >= 11 is 3.49. The van der Waals surface area contributed by atoms with Crippen LogP contribution in [0.1, 0.15) is 40.4 Å². The molecule has 2 aromatic carbocycles. The monoisotopic (exact) mass is 474 g/mol. The van der Waals surface area contributed by atoms with E-state index in [1.54, 1.807) is 24.4 Å². The molecule has 0 unspecified atom stereocenters. The zero-order chi connectivity index (χ0) is 21.2. The number of carbonyl (C=O) groups is 1. The van der Waals surface area contributed by atoms with Gasteiger partial charge < -0.3 is 10.6 Å². The van der Waals surface area contributed by atoms with E-state index in [1.165, 1.54) is 12.8 Å². The number of ketones is 1. The third kappa shape index (κ3) is 4.34. The van der Waals surface area contributed by atoms with Crippen LogP contribution < -0.4 is 10.6 Å². The summed E-state index contributed by atoms with van der Waals surface area (Å²) in [6.07, 6.45) is 4.05. The summed E-state index contributed by atoms with van der Waals surface area (Å²) in [5.41, 5.74) is 2.89. The Kier molecular flexibility index (Phi) is 5.21. The van der Waals surface area contributed by atoms with Gasteiger partial charge in [0.05, 0.1) is 15.9 Å². The van der Waals surface area contributed by atoms with Crippen molar-refractivity contribution in [3.05, 3.63) is 88.2 Å². The summed E-state index contributed by atoms with van der Waals surface area (Å²) in [6, 6.07) is 18.5. The molecule has 0 atom stereocenters. The molecule has 2 aromatic heterocycles. The zero-order valence-electron chi connectivity index (χ0n) is 16.5. The molecule has 154 valence electrons. The Morgan fingerprint density at radius 1 is 1.03 bits per heavy atom. The molecule has 7 nitrogen and oxygen atoms in total. The Hall–Kier alpha value is -3.52. The molecule has 4 aromatic rings. The lowest BCUT2D eigenvalue weighted by molar-refractivity contribution is 0.103. The maximum Gasteiger partial charge on any atom is 0.229 e. The van der Waals surface area contributed by atoms with Crippen LogP contribution in [0.2, 0.25) is 0 Å². The van der Waals surface area contributed by atoms with Gasteiger partial charge >= 0.3 is 0 Å². The van der Waals surface area contributed by atoms with Crippen LogP contribution >= 0.6 is 15.9 Å². The van der Waals surface area contributed by atoms with Crippen LogP contribution in [0, 0.1) is 0 Å². The molecule has 1 aliphatic carbocycles. The quantitative estimate of drug-likeness (QED) is 0.303. The number of benzene rings is 2. The minimum absolute atomic E-state index is 0.0655. The molecule has 3 N–H and O–H groups in total. The maximum atomic E-state index is 13.0. The van der Waals surface area contributed by atoms with Gasteiger partial charge in [-0.05, 0) is 40.9 Å². The summed E-state index contributed by atoms with van der Waals surface area (Å²) in [5.74, 6) is 2.24. The fraction of sp³-hybridized carbons (Fsp3) is 0.130. The van der Waals surface area contributed by atoms with Gasteiger partial charge in [0.25, 0.3) is 0 Å². The number of nitrogens with zero attached hydrogens (tertiary/aromatic N) is 3. The highest BCUT2D eigenvalue weighted by atomic mass is 79.9. The Bertz CT molecular complexity index is 1240. The van der Waals surface area contributed by atoms with Gasteiger partial charge in [0, 0.05) is 29.3 Å². The van der Waals surface area contributed by atoms with E-state index in [0.29, 0.717) is 39.0 Å². The fourth-order valence-electron chi connectivity index (χ4n) is 3.29. The molecule has 0 amide bonds. The molecular weight excluding hydrogens is 456 g/mol. The van der Waals surface area contributed by atoms with Crippen molar-refractivity contribution in [3.8, 4) is 0 Å². The summed E-state index contributed by atoms with van der Waals surface area (Å²) < 4.78 is 0.717. The van der Waals surface area contributed by atoms with Gasteiger partial charge in [0.15, 0.2) is 11.6 Å². The normalized spacial score (nSPS) is 13.1. The average Bonchev–Trinajstić information content (AvgIpc) is 3.55. The number of para-hydroxylation sites is 1. The van der Waals surface area contributed by atoms with Crippen molar-refractivity contribution in [3.63, 3.8) is 0 Å².